The molecule has 0 radical (unpaired) electrons. The molecule has 1 N–H and O–H groups in total. The van der Waals surface area contributed by atoms with Gasteiger partial charge in [0.05, 0.1) is 16.7 Å². The zero-order valence-electron chi connectivity index (χ0n) is 11.0. The van der Waals surface area contributed by atoms with Crippen molar-refractivity contribution in [2.24, 2.45) is 5.92 Å². The maximum atomic E-state index is 6.11. The van der Waals surface area contributed by atoms with Crippen molar-refractivity contribution in [1.29, 1.82) is 0 Å². The molecular formula is C14H20BrCl2NO. The predicted molar refractivity (Wildman–Crippen MR) is 87.0 cm³/mol. The van der Waals surface area contributed by atoms with E-state index in [-0.39, 0.29) is 17.0 Å². The second kappa shape index (κ2) is 8.48. The van der Waals surface area contributed by atoms with Crippen LogP contribution in [0.4, 0.5) is 0 Å². The number of hydrogen-bond acceptors (Lipinski definition) is 2. The fourth-order valence-electron chi connectivity index (χ4n) is 2.55. The van der Waals surface area contributed by atoms with Gasteiger partial charge in [-0.3, -0.25) is 0 Å². The van der Waals surface area contributed by atoms with Gasteiger partial charge >= 0.3 is 0 Å². The fourth-order valence-corrected chi connectivity index (χ4v) is 2.86. The summed E-state index contributed by atoms with van der Waals surface area (Å²) in [5.41, 5.74) is 1.27. The summed E-state index contributed by atoms with van der Waals surface area (Å²) >= 11 is 12.1. The van der Waals surface area contributed by atoms with Gasteiger partial charge in [0.25, 0.3) is 0 Å². The van der Waals surface area contributed by atoms with Crippen LogP contribution in [0, 0.1) is 5.92 Å². The van der Waals surface area contributed by atoms with Crippen molar-refractivity contribution >= 4 is 40.2 Å². The van der Waals surface area contributed by atoms with Crippen molar-refractivity contribution in [2.75, 3.05) is 26.3 Å². The Labute approximate surface area is 135 Å². The number of hydrogen-bond donors (Lipinski definition) is 1. The smallest absolute Gasteiger partial charge is 0.0595 e. The Bertz CT molecular complexity index is 403. The molecule has 0 spiro atoms. The standard InChI is InChI=1S/C14H19Cl2NO.BrH/c1-2-18-9-11-8-17-6-5-12(11)10-3-4-13(15)14(16)7-10;/h3-4,7,11-12,17H,2,5-6,8-9H2,1H3;1H. The molecule has 0 saturated carbocycles. The first-order chi connectivity index (χ1) is 8.72. The highest BCUT2D eigenvalue weighted by molar-refractivity contribution is 8.93. The normalized spacial score (nSPS) is 22.9. The zero-order chi connectivity index (χ0) is 13.0. The van der Waals surface area contributed by atoms with E-state index in [1.165, 1.54) is 5.56 Å². The third-order valence-electron chi connectivity index (χ3n) is 3.52. The molecule has 2 nitrogen and oxygen atoms in total. The van der Waals surface area contributed by atoms with Crippen LogP contribution < -0.4 is 5.32 Å². The summed E-state index contributed by atoms with van der Waals surface area (Å²) in [5.74, 6) is 1.02. The topological polar surface area (TPSA) is 21.3 Å². The number of nitrogens with one attached hydrogen (secondary N) is 1. The highest BCUT2D eigenvalue weighted by Crippen LogP contribution is 2.34. The van der Waals surface area contributed by atoms with Crippen molar-refractivity contribution in [3.05, 3.63) is 33.8 Å². The van der Waals surface area contributed by atoms with Crippen molar-refractivity contribution in [3.63, 3.8) is 0 Å². The lowest BCUT2D eigenvalue weighted by Crippen LogP contribution is -2.37. The number of ether oxygens (including phenoxy) is 1. The van der Waals surface area contributed by atoms with Gasteiger partial charge in [-0.2, -0.15) is 0 Å². The lowest BCUT2D eigenvalue weighted by molar-refractivity contribution is 0.0902. The van der Waals surface area contributed by atoms with Gasteiger partial charge in [0.15, 0.2) is 0 Å². The number of benzene rings is 1. The summed E-state index contributed by atoms with van der Waals surface area (Å²) in [4.78, 5) is 0. The van der Waals surface area contributed by atoms with E-state index in [4.69, 9.17) is 27.9 Å². The average Bonchev–Trinajstić information content (AvgIpc) is 2.40. The van der Waals surface area contributed by atoms with E-state index in [9.17, 15) is 0 Å². The van der Waals surface area contributed by atoms with Gasteiger partial charge in [-0.1, -0.05) is 29.3 Å². The van der Waals surface area contributed by atoms with Crippen LogP contribution in [-0.4, -0.2) is 26.3 Å². The molecule has 0 bridgehead atoms. The quantitative estimate of drug-likeness (QED) is 0.855. The number of piperidine rings is 1. The molecule has 1 aromatic carbocycles. The molecule has 0 aliphatic carbocycles. The van der Waals surface area contributed by atoms with Crippen molar-refractivity contribution in [3.8, 4) is 0 Å². The SMILES string of the molecule is Br.CCOCC1CNCCC1c1ccc(Cl)c(Cl)c1. The summed E-state index contributed by atoms with van der Waals surface area (Å²) in [6.45, 7) is 5.65. The van der Waals surface area contributed by atoms with E-state index in [0.29, 0.717) is 21.9 Å². The van der Waals surface area contributed by atoms with Crippen LogP contribution >= 0.6 is 40.2 Å². The molecule has 1 aliphatic heterocycles. The first-order valence-corrected chi connectivity index (χ1v) is 7.21. The molecule has 5 heteroatoms. The first-order valence-electron chi connectivity index (χ1n) is 6.45. The minimum Gasteiger partial charge on any atom is -0.381 e. The number of halogens is 3. The Hall–Kier alpha value is 0.200. The second-order valence-corrected chi connectivity index (χ2v) is 5.51. The minimum absolute atomic E-state index is 0. The van der Waals surface area contributed by atoms with Gasteiger partial charge in [-0.15, -0.1) is 17.0 Å². The van der Waals surface area contributed by atoms with Crippen LogP contribution in [0.5, 0.6) is 0 Å². The first kappa shape index (κ1) is 17.3. The largest absolute Gasteiger partial charge is 0.381 e. The highest BCUT2D eigenvalue weighted by atomic mass is 79.9. The van der Waals surface area contributed by atoms with E-state index in [2.05, 4.69) is 11.4 Å². The summed E-state index contributed by atoms with van der Waals surface area (Å²) in [7, 11) is 0. The third kappa shape index (κ3) is 4.61. The van der Waals surface area contributed by atoms with Crippen molar-refractivity contribution in [1.82, 2.24) is 5.32 Å². The Kier molecular flexibility index (Phi) is 7.70. The third-order valence-corrected chi connectivity index (χ3v) is 4.25. The maximum absolute atomic E-state index is 6.11. The molecule has 19 heavy (non-hydrogen) atoms. The molecule has 1 aliphatic rings. The van der Waals surface area contributed by atoms with Gasteiger partial charge in [-0.05, 0) is 43.5 Å². The van der Waals surface area contributed by atoms with Crippen LogP contribution in [0.15, 0.2) is 18.2 Å². The molecule has 2 atom stereocenters. The summed E-state index contributed by atoms with van der Waals surface area (Å²) < 4.78 is 5.58. The Morgan fingerprint density at radius 3 is 2.79 bits per heavy atom. The van der Waals surface area contributed by atoms with Crippen molar-refractivity contribution in [2.45, 2.75) is 19.3 Å². The van der Waals surface area contributed by atoms with Gasteiger partial charge in [0.1, 0.15) is 0 Å². The van der Waals surface area contributed by atoms with E-state index in [1.54, 1.807) is 0 Å². The van der Waals surface area contributed by atoms with Crippen molar-refractivity contribution < 1.29 is 4.74 Å². The molecule has 1 heterocycles. The molecule has 0 aromatic heterocycles. The Balaban J connectivity index is 0.00000180. The van der Waals surface area contributed by atoms with Crippen LogP contribution in [-0.2, 0) is 4.74 Å². The molecule has 1 fully saturated rings. The van der Waals surface area contributed by atoms with Gasteiger partial charge in [-0.25, -0.2) is 0 Å². The molecule has 2 unspecified atom stereocenters. The van der Waals surface area contributed by atoms with Gasteiger partial charge in [0, 0.05) is 19.1 Å². The van der Waals surface area contributed by atoms with E-state index >= 15 is 0 Å². The van der Waals surface area contributed by atoms with Crippen LogP contribution in [0.1, 0.15) is 24.8 Å². The van der Waals surface area contributed by atoms with Crippen LogP contribution in [0.3, 0.4) is 0 Å². The van der Waals surface area contributed by atoms with Gasteiger partial charge in [0.2, 0.25) is 0 Å². The van der Waals surface area contributed by atoms with E-state index in [0.717, 1.165) is 32.7 Å². The zero-order valence-corrected chi connectivity index (χ0v) is 14.2. The predicted octanol–water partition coefficient (Wildman–Crippen LogP) is 4.30. The Morgan fingerprint density at radius 2 is 2.11 bits per heavy atom. The summed E-state index contributed by atoms with van der Waals surface area (Å²) in [6.07, 6.45) is 1.12. The molecule has 2 rings (SSSR count). The monoisotopic (exact) mass is 367 g/mol. The molecule has 1 saturated heterocycles. The van der Waals surface area contributed by atoms with Gasteiger partial charge < -0.3 is 10.1 Å². The molecule has 108 valence electrons. The molecule has 0 amide bonds. The van der Waals surface area contributed by atoms with E-state index < -0.39 is 0 Å². The fraction of sp³-hybridized carbons (Fsp3) is 0.571. The lowest BCUT2D eigenvalue weighted by atomic mass is 9.81. The van der Waals surface area contributed by atoms with Crippen LogP contribution in [0.25, 0.3) is 0 Å². The Morgan fingerprint density at radius 1 is 1.32 bits per heavy atom. The lowest BCUT2D eigenvalue weighted by Gasteiger charge is -2.32. The van der Waals surface area contributed by atoms with Crippen LogP contribution in [0.2, 0.25) is 10.0 Å². The van der Waals surface area contributed by atoms with E-state index in [1.807, 2.05) is 19.1 Å². The second-order valence-electron chi connectivity index (χ2n) is 4.69. The number of rotatable bonds is 4. The highest BCUT2D eigenvalue weighted by Gasteiger charge is 2.26. The molecule has 1 aromatic rings. The minimum atomic E-state index is 0. The average molecular weight is 369 g/mol. The summed E-state index contributed by atoms with van der Waals surface area (Å²) in [6, 6.07) is 5.97. The molecular weight excluding hydrogens is 349 g/mol. The maximum Gasteiger partial charge on any atom is 0.0595 e. The summed E-state index contributed by atoms with van der Waals surface area (Å²) in [5, 5.41) is 4.69.